The summed E-state index contributed by atoms with van der Waals surface area (Å²) < 4.78 is 0. The predicted octanol–water partition coefficient (Wildman–Crippen LogP) is 3.42. The molecule has 1 heterocycles. The van der Waals surface area contributed by atoms with Gasteiger partial charge in [-0.25, -0.2) is 4.98 Å². The highest BCUT2D eigenvalue weighted by molar-refractivity contribution is 7.99. The van der Waals surface area contributed by atoms with Crippen molar-refractivity contribution in [3.05, 3.63) is 57.5 Å². The lowest BCUT2D eigenvalue weighted by atomic mass is 10.1. The van der Waals surface area contributed by atoms with Crippen LogP contribution in [0.4, 0.5) is 0 Å². The molecule has 0 fully saturated rings. The molecular weight excluding hydrogens is 268 g/mol. The highest BCUT2D eigenvalue weighted by atomic mass is 32.2. The van der Waals surface area contributed by atoms with Crippen LogP contribution in [0.2, 0.25) is 0 Å². The molecule has 0 radical (unpaired) electrons. The Balaban J connectivity index is 2.25. The van der Waals surface area contributed by atoms with E-state index < -0.39 is 0 Å². The molecule has 1 aromatic carbocycles. The first kappa shape index (κ1) is 14.9. The first-order valence-corrected chi connectivity index (χ1v) is 7.81. The van der Waals surface area contributed by atoms with Crippen LogP contribution < -0.4 is 5.56 Å². The standard InChI is InChI=1S/C16H20N2OS/c1-11(2)10-20-16-17-14(12(3)15(19)18-16)9-13-7-5-4-6-8-13/h4-8,11H,9-10H2,1-3H3,(H,17,18,19). The number of aromatic amines is 1. The van der Waals surface area contributed by atoms with Crippen molar-refractivity contribution < 1.29 is 0 Å². The van der Waals surface area contributed by atoms with Gasteiger partial charge in [0.1, 0.15) is 0 Å². The SMILES string of the molecule is Cc1c(Cc2ccccc2)nc(SCC(C)C)[nH]c1=O. The fraction of sp³-hybridized carbons (Fsp3) is 0.375. The molecule has 0 unspecified atom stereocenters. The van der Waals surface area contributed by atoms with E-state index in [9.17, 15) is 4.79 Å². The summed E-state index contributed by atoms with van der Waals surface area (Å²) in [7, 11) is 0. The molecule has 0 bridgehead atoms. The summed E-state index contributed by atoms with van der Waals surface area (Å²) in [6.07, 6.45) is 0.700. The number of benzene rings is 1. The molecule has 4 heteroatoms. The number of nitrogens with one attached hydrogen (secondary N) is 1. The van der Waals surface area contributed by atoms with Crippen LogP contribution in [0.15, 0.2) is 40.3 Å². The van der Waals surface area contributed by atoms with E-state index in [-0.39, 0.29) is 5.56 Å². The average molecular weight is 288 g/mol. The van der Waals surface area contributed by atoms with Crippen LogP contribution in [0.1, 0.15) is 30.7 Å². The van der Waals surface area contributed by atoms with Crippen molar-refractivity contribution in [3.8, 4) is 0 Å². The summed E-state index contributed by atoms with van der Waals surface area (Å²) >= 11 is 1.61. The Kier molecular flexibility index (Phi) is 5.01. The Morgan fingerprint density at radius 3 is 2.60 bits per heavy atom. The van der Waals surface area contributed by atoms with E-state index in [1.54, 1.807) is 11.8 Å². The number of hydrogen-bond donors (Lipinski definition) is 1. The van der Waals surface area contributed by atoms with Gasteiger partial charge < -0.3 is 4.98 Å². The van der Waals surface area contributed by atoms with Crippen molar-refractivity contribution in [2.45, 2.75) is 32.3 Å². The van der Waals surface area contributed by atoms with Crippen molar-refractivity contribution in [3.63, 3.8) is 0 Å². The van der Waals surface area contributed by atoms with E-state index in [0.29, 0.717) is 17.9 Å². The molecule has 106 valence electrons. The van der Waals surface area contributed by atoms with Crippen LogP contribution >= 0.6 is 11.8 Å². The molecule has 3 nitrogen and oxygen atoms in total. The minimum Gasteiger partial charge on any atom is -0.301 e. The van der Waals surface area contributed by atoms with Gasteiger partial charge >= 0.3 is 0 Å². The quantitative estimate of drug-likeness (QED) is 0.677. The van der Waals surface area contributed by atoms with E-state index >= 15 is 0 Å². The van der Waals surface area contributed by atoms with Crippen molar-refractivity contribution in [2.24, 2.45) is 5.92 Å². The number of aromatic nitrogens is 2. The van der Waals surface area contributed by atoms with Crippen LogP contribution in [0.25, 0.3) is 0 Å². The van der Waals surface area contributed by atoms with Gasteiger partial charge in [-0.2, -0.15) is 0 Å². The fourth-order valence-electron chi connectivity index (χ4n) is 1.83. The number of hydrogen-bond acceptors (Lipinski definition) is 3. The molecule has 0 amide bonds. The van der Waals surface area contributed by atoms with Gasteiger partial charge in [0, 0.05) is 17.7 Å². The van der Waals surface area contributed by atoms with Gasteiger partial charge in [-0.05, 0) is 18.4 Å². The molecule has 2 rings (SSSR count). The van der Waals surface area contributed by atoms with Crippen LogP contribution in [0, 0.1) is 12.8 Å². The van der Waals surface area contributed by atoms with E-state index in [0.717, 1.165) is 16.6 Å². The number of nitrogens with zero attached hydrogens (tertiary/aromatic N) is 1. The van der Waals surface area contributed by atoms with E-state index in [1.807, 2.05) is 25.1 Å². The highest BCUT2D eigenvalue weighted by Crippen LogP contribution is 2.17. The minimum absolute atomic E-state index is 0.0304. The summed E-state index contributed by atoms with van der Waals surface area (Å²) in [5.41, 5.74) is 2.72. The summed E-state index contributed by atoms with van der Waals surface area (Å²) in [4.78, 5) is 19.4. The van der Waals surface area contributed by atoms with Gasteiger partial charge in [0.05, 0.1) is 5.69 Å². The molecule has 0 saturated heterocycles. The summed E-state index contributed by atoms with van der Waals surface area (Å²) in [5.74, 6) is 1.53. The molecule has 1 N–H and O–H groups in total. The lowest BCUT2D eigenvalue weighted by Crippen LogP contribution is -2.16. The Morgan fingerprint density at radius 1 is 1.25 bits per heavy atom. The zero-order valence-corrected chi connectivity index (χ0v) is 13.0. The average Bonchev–Trinajstić information content (AvgIpc) is 2.43. The van der Waals surface area contributed by atoms with Gasteiger partial charge in [0.25, 0.3) is 5.56 Å². The zero-order valence-electron chi connectivity index (χ0n) is 12.1. The minimum atomic E-state index is -0.0304. The van der Waals surface area contributed by atoms with Gasteiger partial charge in [0.2, 0.25) is 0 Å². The van der Waals surface area contributed by atoms with Gasteiger partial charge in [-0.1, -0.05) is 55.9 Å². The topological polar surface area (TPSA) is 45.8 Å². The Bertz CT molecular complexity index is 620. The van der Waals surface area contributed by atoms with Crippen molar-refractivity contribution in [1.82, 2.24) is 9.97 Å². The monoisotopic (exact) mass is 288 g/mol. The van der Waals surface area contributed by atoms with Crippen molar-refractivity contribution >= 4 is 11.8 Å². The largest absolute Gasteiger partial charge is 0.301 e. The van der Waals surface area contributed by atoms with Crippen molar-refractivity contribution in [2.75, 3.05) is 5.75 Å². The lowest BCUT2D eigenvalue weighted by Gasteiger charge is -2.08. The zero-order chi connectivity index (χ0) is 14.5. The van der Waals surface area contributed by atoms with Crippen molar-refractivity contribution in [1.29, 1.82) is 0 Å². The molecule has 20 heavy (non-hydrogen) atoms. The summed E-state index contributed by atoms with van der Waals surface area (Å²) in [6.45, 7) is 6.15. The number of H-pyrrole nitrogens is 1. The van der Waals surface area contributed by atoms with Crippen LogP contribution in [-0.4, -0.2) is 15.7 Å². The Labute approximate surface area is 123 Å². The van der Waals surface area contributed by atoms with Gasteiger partial charge in [0.15, 0.2) is 5.16 Å². The smallest absolute Gasteiger partial charge is 0.254 e. The number of thioether (sulfide) groups is 1. The Hall–Kier alpha value is -1.55. The Morgan fingerprint density at radius 2 is 1.95 bits per heavy atom. The lowest BCUT2D eigenvalue weighted by molar-refractivity contribution is 0.746. The summed E-state index contributed by atoms with van der Waals surface area (Å²) in [5, 5.41) is 0.722. The molecule has 2 aromatic rings. The third-order valence-electron chi connectivity index (χ3n) is 3.00. The van der Waals surface area contributed by atoms with Gasteiger partial charge in [-0.15, -0.1) is 0 Å². The molecule has 0 aliphatic heterocycles. The maximum Gasteiger partial charge on any atom is 0.254 e. The maximum absolute atomic E-state index is 12.0. The normalized spacial score (nSPS) is 11.0. The van der Waals surface area contributed by atoms with Crippen LogP contribution in [-0.2, 0) is 6.42 Å². The van der Waals surface area contributed by atoms with Gasteiger partial charge in [-0.3, -0.25) is 4.79 Å². The third kappa shape index (κ3) is 3.97. The van der Waals surface area contributed by atoms with Crippen LogP contribution in [0.5, 0.6) is 0 Å². The molecular formula is C16H20N2OS. The van der Waals surface area contributed by atoms with E-state index in [1.165, 1.54) is 5.56 Å². The van der Waals surface area contributed by atoms with E-state index in [2.05, 4.69) is 35.9 Å². The molecule has 0 aliphatic carbocycles. The second-order valence-corrected chi connectivity index (χ2v) is 6.32. The molecule has 0 saturated carbocycles. The molecule has 0 atom stereocenters. The fourth-order valence-corrected chi connectivity index (χ4v) is 2.66. The van der Waals surface area contributed by atoms with Crippen LogP contribution in [0.3, 0.4) is 0 Å². The molecule has 0 spiro atoms. The predicted molar refractivity (Wildman–Crippen MR) is 84.4 cm³/mol. The number of rotatable bonds is 5. The summed E-state index contributed by atoms with van der Waals surface area (Å²) in [6, 6.07) is 10.1. The second kappa shape index (κ2) is 6.75. The molecule has 0 aliphatic rings. The highest BCUT2D eigenvalue weighted by Gasteiger charge is 2.09. The third-order valence-corrected chi connectivity index (χ3v) is 4.30. The maximum atomic E-state index is 12.0. The van der Waals surface area contributed by atoms with E-state index in [4.69, 9.17) is 0 Å². The first-order chi connectivity index (χ1) is 9.56. The first-order valence-electron chi connectivity index (χ1n) is 6.82. The second-order valence-electron chi connectivity index (χ2n) is 5.31. The molecule has 1 aromatic heterocycles.